The van der Waals surface area contributed by atoms with Crippen LogP contribution in [0.2, 0.25) is 0 Å². The molecule has 21 heavy (non-hydrogen) atoms. The first kappa shape index (κ1) is 15.8. The molecule has 0 aromatic carbocycles. The lowest BCUT2D eigenvalue weighted by molar-refractivity contribution is 0.137. The van der Waals surface area contributed by atoms with Crippen molar-refractivity contribution in [2.75, 3.05) is 26.2 Å². The fourth-order valence-corrected chi connectivity index (χ4v) is 4.19. The molecule has 0 aromatic rings. The van der Waals surface area contributed by atoms with Crippen LogP contribution in [0.4, 0.5) is 0 Å². The van der Waals surface area contributed by atoms with Gasteiger partial charge in [-0.2, -0.15) is 0 Å². The number of nitrogens with one attached hydrogen (secondary N) is 1. The maximum atomic E-state index is 3.86. The van der Waals surface area contributed by atoms with E-state index in [9.17, 15) is 0 Å². The van der Waals surface area contributed by atoms with Crippen molar-refractivity contribution in [1.29, 1.82) is 0 Å². The smallest absolute Gasteiger partial charge is 0.0108 e. The molecule has 122 valence electrons. The Bertz CT molecular complexity index is 293. The van der Waals surface area contributed by atoms with E-state index in [2.05, 4.69) is 24.1 Å². The third kappa shape index (κ3) is 5.25. The minimum Gasteiger partial charge on any atom is -0.314 e. The van der Waals surface area contributed by atoms with Gasteiger partial charge in [-0.25, -0.2) is 0 Å². The second kappa shape index (κ2) is 7.46. The molecule has 0 heterocycles. The van der Waals surface area contributed by atoms with E-state index < -0.39 is 0 Å². The van der Waals surface area contributed by atoms with Crippen molar-refractivity contribution in [3.05, 3.63) is 0 Å². The Labute approximate surface area is 132 Å². The Morgan fingerprint density at radius 2 is 1.57 bits per heavy atom. The van der Waals surface area contributed by atoms with E-state index >= 15 is 0 Å². The molecule has 3 unspecified atom stereocenters. The molecule has 3 fully saturated rings. The molecule has 3 aliphatic rings. The molecular weight excluding hydrogens is 256 g/mol. The minimum atomic E-state index is 0.794. The third-order valence-electron chi connectivity index (χ3n) is 5.82. The quantitative estimate of drug-likeness (QED) is 0.693. The fourth-order valence-electron chi connectivity index (χ4n) is 4.19. The second-order valence-corrected chi connectivity index (χ2v) is 8.34. The van der Waals surface area contributed by atoms with E-state index in [0.29, 0.717) is 0 Å². The summed E-state index contributed by atoms with van der Waals surface area (Å²) in [5.41, 5.74) is 0. The number of rotatable bonds is 9. The first-order valence-corrected chi connectivity index (χ1v) is 9.70. The monoisotopic (exact) mass is 292 g/mol. The Morgan fingerprint density at radius 1 is 0.905 bits per heavy atom. The maximum absolute atomic E-state index is 3.86. The van der Waals surface area contributed by atoms with Gasteiger partial charge in [0.05, 0.1) is 0 Å². The van der Waals surface area contributed by atoms with E-state index in [4.69, 9.17) is 0 Å². The van der Waals surface area contributed by atoms with Crippen molar-refractivity contribution >= 4 is 0 Å². The second-order valence-electron chi connectivity index (χ2n) is 8.34. The van der Waals surface area contributed by atoms with Gasteiger partial charge in [0.2, 0.25) is 0 Å². The van der Waals surface area contributed by atoms with Crippen LogP contribution < -0.4 is 5.32 Å². The summed E-state index contributed by atoms with van der Waals surface area (Å²) < 4.78 is 0. The number of hydrogen-bond donors (Lipinski definition) is 1. The molecule has 0 radical (unpaired) electrons. The first-order chi connectivity index (χ1) is 10.2. The normalized spacial score (nSPS) is 33.6. The van der Waals surface area contributed by atoms with Crippen LogP contribution in [0, 0.1) is 23.7 Å². The molecule has 0 aliphatic heterocycles. The van der Waals surface area contributed by atoms with Crippen molar-refractivity contribution in [2.24, 2.45) is 23.7 Å². The standard InChI is InChI=1S/C19H36N2/c1-3-10-20-19-9-4-15(2)11-18(19)14-21(12-16-5-6-16)13-17-7-8-17/h15-20H,3-14H2,1-2H3. The van der Waals surface area contributed by atoms with Gasteiger partial charge in [0.25, 0.3) is 0 Å². The Morgan fingerprint density at radius 3 is 2.14 bits per heavy atom. The van der Waals surface area contributed by atoms with Crippen molar-refractivity contribution in [1.82, 2.24) is 10.2 Å². The highest BCUT2D eigenvalue weighted by molar-refractivity contribution is 4.89. The Balaban J connectivity index is 1.53. The van der Waals surface area contributed by atoms with Crippen LogP contribution in [0.5, 0.6) is 0 Å². The molecule has 3 atom stereocenters. The fraction of sp³-hybridized carbons (Fsp3) is 1.00. The van der Waals surface area contributed by atoms with E-state index in [1.165, 1.54) is 77.5 Å². The van der Waals surface area contributed by atoms with Gasteiger partial charge in [0.1, 0.15) is 0 Å². The van der Waals surface area contributed by atoms with Gasteiger partial charge in [-0.1, -0.05) is 13.8 Å². The average Bonchev–Trinajstić information content (AvgIpc) is 3.34. The first-order valence-electron chi connectivity index (χ1n) is 9.70. The van der Waals surface area contributed by atoms with Crippen LogP contribution >= 0.6 is 0 Å². The molecule has 3 aliphatic carbocycles. The van der Waals surface area contributed by atoms with Crippen LogP contribution in [0.1, 0.15) is 65.2 Å². The molecule has 1 N–H and O–H groups in total. The van der Waals surface area contributed by atoms with E-state index in [0.717, 1.165) is 29.7 Å². The van der Waals surface area contributed by atoms with Gasteiger partial charge in [0, 0.05) is 25.7 Å². The van der Waals surface area contributed by atoms with Crippen LogP contribution in [-0.4, -0.2) is 37.1 Å². The Hall–Kier alpha value is -0.0800. The molecule has 0 saturated heterocycles. The predicted octanol–water partition coefficient (Wildman–Crippen LogP) is 3.91. The highest BCUT2D eigenvalue weighted by Crippen LogP contribution is 2.36. The van der Waals surface area contributed by atoms with E-state index in [1.807, 2.05) is 0 Å². The highest BCUT2D eigenvalue weighted by Gasteiger charge is 2.33. The third-order valence-corrected chi connectivity index (χ3v) is 5.82. The molecule has 2 nitrogen and oxygen atoms in total. The molecule has 3 saturated carbocycles. The van der Waals surface area contributed by atoms with Gasteiger partial charge in [-0.3, -0.25) is 0 Å². The largest absolute Gasteiger partial charge is 0.314 e. The zero-order valence-corrected chi connectivity index (χ0v) is 14.3. The van der Waals surface area contributed by atoms with Gasteiger partial charge in [-0.15, -0.1) is 0 Å². The van der Waals surface area contributed by atoms with E-state index in [1.54, 1.807) is 0 Å². The van der Waals surface area contributed by atoms with Gasteiger partial charge < -0.3 is 10.2 Å². The van der Waals surface area contributed by atoms with Crippen LogP contribution in [0.25, 0.3) is 0 Å². The predicted molar refractivity (Wildman–Crippen MR) is 90.5 cm³/mol. The number of nitrogens with zero attached hydrogens (tertiary/aromatic N) is 1. The van der Waals surface area contributed by atoms with Crippen molar-refractivity contribution in [2.45, 2.75) is 71.3 Å². The van der Waals surface area contributed by atoms with Crippen molar-refractivity contribution in [3.63, 3.8) is 0 Å². The zero-order valence-electron chi connectivity index (χ0n) is 14.3. The zero-order chi connectivity index (χ0) is 14.7. The summed E-state index contributed by atoms with van der Waals surface area (Å²) in [6.07, 6.45) is 11.6. The van der Waals surface area contributed by atoms with Crippen molar-refractivity contribution in [3.8, 4) is 0 Å². The van der Waals surface area contributed by atoms with Crippen LogP contribution in [0.15, 0.2) is 0 Å². The summed E-state index contributed by atoms with van der Waals surface area (Å²) in [5, 5.41) is 3.86. The summed E-state index contributed by atoms with van der Waals surface area (Å²) in [6.45, 7) is 10.2. The molecule has 0 spiro atoms. The van der Waals surface area contributed by atoms with Gasteiger partial charge >= 0.3 is 0 Å². The highest BCUT2D eigenvalue weighted by atomic mass is 15.1. The topological polar surface area (TPSA) is 15.3 Å². The minimum absolute atomic E-state index is 0.794. The summed E-state index contributed by atoms with van der Waals surface area (Å²) in [6, 6.07) is 0.794. The molecule has 3 rings (SSSR count). The van der Waals surface area contributed by atoms with Crippen molar-refractivity contribution < 1.29 is 0 Å². The molecule has 0 amide bonds. The lowest BCUT2D eigenvalue weighted by Gasteiger charge is -2.39. The van der Waals surface area contributed by atoms with E-state index in [-0.39, 0.29) is 0 Å². The maximum Gasteiger partial charge on any atom is 0.0108 e. The van der Waals surface area contributed by atoms with Gasteiger partial charge in [0.15, 0.2) is 0 Å². The molecular formula is C19H36N2. The van der Waals surface area contributed by atoms with Crippen LogP contribution in [-0.2, 0) is 0 Å². The molecule has 2 heteroatoms. The summed E-state index contributed by atoms with van der Waals surface area (Å²) in [4.78, 5) is 2.86. The average molecular weight is 293 g/mol. The summed E-state index contributed by atoms with van der Waals surface area (Å²) >= 11 is 0. The molecule has 0 bridgehead atoms. The lowest BCUT2D eigenvalue weighted by Crippen LogP contribution is -2.46. The molecule has 0 aromatic heterocycles. The number of hydrogen-bond acceptors (Lipinski definition) is 2. The SMILES string of the molecule is CCCNC1CCC(C)CC1CN(CC1CC1)CC1CC1. The lowest BCUT2D eigenvalue weighted by atomic mass is 9.78. The van der Waals surface area contributed by atoms with Crippen LogP contribution in [0.3, 0.4) is 0 Å². The Kier molecular flexibility index (Phi) is 5.61. The summed E-state index contributed by atoms with van der Waals surface area (Å²) in [5.74, 6) is 3.94. The summed E-state index contributed by atoms with van der Waals surface area (Å²) in [7, 11) is 0. The van der Waals surface area contributed by atoms with Gasteiger partial charge in [-0.05, 0) is 81.6 Å².